The summed E-state index contributed by atoms with van der Waals surface area (Å²) >= 11 is 6.29. The third-order valence-corrected chi connectivity index (χ3v) is 8.06. The van der Waals surface area contributed by atoms with Crippen LogP contribution >= 0.6 is 11.6 Å². The average Bonchev–Trinajstić information content (AvgIpc) is 2.65. The average molecular weight is 425 g/mol. The third-order valence-electron chi connectivity index (χ3n) is 7.63. The Morgan fingerprint density at radius 2 is 1.79 bits per heavy atom. The maximum absolute atomic E-state index is 13.6. The number of alkyl halides is 1. The van der Waals surface area contributed by atoms with Gasteiger partial charge < -0.3 is 15.1 Å². The van der Waals surface area contributed by atoms with Crippen molar-refractivity contribution in [3.05, 3.63) is 0 Å². The molecule has 0 radical (unpaired) electrons. The molecule has 4 fully saturated rings. The van der Waals surface area contributed by atoms with E-state index in [9.17, 15) is 9.59 Å². The first kappa shape index (κ1) is 21.4. The van der Waals surface area contributed by atoms with Gasteiger partial charge in [0.2, 0.25) is 5.91 Å². The van der Waals surface area contributed by atoms with Crippen molar-refractivity contribution in [1.82, 2.24) is 20.0 Å². The minimum atomic E-state index is -0.665. The van der Waals surface area contributed by atoms with Crippen LogP contribution in [0.25, 0.3) is 0 Å². The van der Waals surface area contributed by atoms with Gasteiger partial charge >= 0.3 is 0 Å². The molecule has 3 aliphatic heterocycles. The van der Waals surface area contributed by atoms with Crippen molar-refractivity contribution >= 4 is 23.4 Å². The molecule has 0 aromatic rings. The summed E-state index contributed by atoms with van der Waals surface area (Å²) in [7, 11) is 0. The molecular formula is C22H37ClN4O2. The zero-order valence-corrected chi connectivity index (χ0v) is 19.0. The molecule has 7 heteroatoms. The number of hydrogen-bond acceptors (Lipinski definition) is 4. The number of nitrogens with zero attached hydrogens (tertiary/aromatic N) is 3. The van der Waals surface area contributed by atoms with E-state index >= 15 is 0 Å². The minimum absolute atomic E-state index is 0.0554. The summed E-state index contributed by atoms with van der Waals surface area (Å²) in [5.41, 5.74) is -0.665. The SMILES string of the molecule is CC1CCC(N2CC3(C2)C(=O)N(C(C)C)CC(=O)N3CC2CCC(Cl)CC2)NC1. The summed E-state index contributed by atoms with van der Waals surface area (Å²) < 4.78 is 0. The number of rotatable bonds is 4. The van der Waals surface area contributed by atoms with Gasteiger partial charge in [0.25, 0.3) is 5.91 Å². The molecule has 6 nitrogen and oxygen atoms in total. The van der Waals surface area contributed by atoms with Gasteiger partial charge in [-0.1, -0.05) is 6.92 Å². The number of likely N-dealkylation sites (tertiary alicyclic amines) is 1. The van der Waals surface area contributed by atoms with Gasteiger partial charge in [-0.2, -0.15) is 0 Å². The van der Waals surface area contributed by atoms with E-state index in [4.69, 9.17) is 11.6 Å². The van der Waals surface area contributed by atoms with E-state index in [-0.39, 0.29) is 29.8 Å². The Morgan fingerprint density at radius 1 is 1.10 bits per heavy atom. The maximum atomic E-state index is 13.6. The molecule has 2 amide bonds. The second-order valence-electron chi connectivity index (χ2n) is 10.2. The fourth-order valence-corrected chi connectivity index (χ4v) is 5.88. The molecule has 3 heterocycles. The van der Waals surface area contributed by atoms with E-state index in [0.29, 0.717) is 37.6 Å². The molecule has 1 aliphatic carbocycles. The van der Waals surface area contributed by atoms with Crippen LogP contribution in [0.5, 0.6) is 0 Å². The van der Waals surface area contributed by atoms with Gasteiger partial charge in [-0.25, -0.2) is 0 Å². The van der Waals surface area contributed by atoms with Crippen LogP contribution in [0, 0.1) is 11.8 Å². The number of hydrogen-bond donors (Lipinski definition) is 1. The van der Waals surface area contributed by atoms with Crippen molar-refractivity contribution in [3.8, 4) is 0 Å². The van der Waals surface area contributed by atoms with Crippen LogP contribution < -0.4 is 5.32 Å². The lowest BCUT2D eigenvalue weighted by atomic mass is 9.80. The molecule has 4 rings (SSSR count). The van der Waals surface area contributed by atoms with Crippen LogP contribution in [-0.2, 0) is 9.59 Å². The number of nitrogens with one attached hydrogen (secondary N) is 1. The summed E-state index contributed by atoms with van der Waals surface area (Å²) in [5, 5.41) is 3.91. The lowest BCUT2D eigenvalue weighted by Crippen LogP contribution is -2.83. The molecule has 164 valence electrons. The fourth-order valence-electron chi connectivity index (χ4n) is 5.63. The first-order chi connectivity index (χ1) is 13.8. The maximum Gasteiger partial charge on any atom is 0.251 e. The summed E-state index contributed by atoms with van der Waals surface area (Å²) in [6.07, 6.45) is 6.82. The van der Waals surface area contributed by atoms with Gasteiger partial charge in [-0.3, -0.25) is 14.5 Å². The van der Waals surface area contributed by atoms with Gasteiger partial charge in [0.1, 0.15) is 12.1 Å². The molecule has 2 atom stereocenters. The Labute approximate surface area is 180 Å². The molecule has 4 aliphatic rings. The number of piperazine rings is 1. The minimum Gasteiger partial charge on any atom is -0.329 e. The van der Waals surface area contributed by atoms with Crippen LogP contribution in [0.15, 0.2) is 0 Å². The smallest absolute Gasteiger partial charge is 0.251 e. The van der Waals surface area contributed by atoms with E-state index in [0.717, 1.165) is 38.6 Å². The van der Waals surface area contributed by atoms with Crippen LogP contribution in [0.1, 0.15) is 59.3 Å². The van der Waals surface area contributed by atoms with Gasteiger partial charge in [-0.05, 0) is 70.8 Å². The van der Waals surface area contributed by atoms with Crippen LogP contribution in [0.4, 0.5) is 0 Å². The third kappa shape index (κ3) is 4.05. The van der Waals surface area contributed by atoms with Crippen molar-refractivity contribution in [2.45, 2.75) is 82.4 Å². The van der Waals surface area contributed by atoms with Gasteiger partial charge in [0, 0.05) is 31.1 Å². The quantitative estimate of drug-likeness (QED) is 0.703. The molecule has 0 bridgehead atoms. The van der Waals surface area contributed by atoms with Gasteiger partial charge in [0.15, 0.2) is 0 Å². The molecule has 29 heavy (non-hydrogen) atoms. The molecule has 0 aromatic carbocycles. The predicted molar refractivity (Wildman–Crippen MR) is 115 cm³/mol. The highest BCUT2D eigenvalue weighted by molar-refractivity contribution is 6.20. The Balaban J connectivity index is 1.50. The zero-order valence-electron chi connectivity index (χ0n) is 18.2. The number of piperidine rings is 1. The Kier molecular flexibility index (Phi) is 6.16. The van der Waals surface area contributed by atoms with Crippen molar-refractivity contribution < 1.29 is 9.59 Å². The van der Waals surface area contributed by atoms with E-state index in [1.165, 1.54) is 6.42 Å². The Morgan fingerprint density at radius 3 is 2.38 bits per heavy atom. The van der Waals surface area contributed by atoms with Gasteiger partial charge in [0.05, 0.1) is 6.17 Å². The predicted octanol–water partition coefficient (Wildman–Crippen LogP) is 2.26. The second-order valence-corrected chi connectivity index (χ2v) is 10.8. The normalized spacial score (nSPS) is 36.0. The first-order valence-electron chi connectivity index (χ1n) is 11.5. The Hall–Kier alpha value is -0.850. The highest BCUT2D eigenvalue weighted by Gasteiger charge is 2.61. The van der Waals surface area contributed by atoms with E-state index in [1.54, 1.807) is 4.90 Å². The van der Waals surface area contributed by atoms with E-state index in [1.807, 2.05) is 18.7 Å². The molecular weight excluding hydrogens is 388 g/mol. The number of carbonyl (C=O) groups is 2. The fraction of sp³-hybridized carbons (Fsp3) is 0.909. The molecule has 0 aromatic heterocycles. The summed E-state index contributed by atoms with van der Waals surface area (Å²) in [6.45, 7) is 9.60. The molecule has 2 unspecified atom stereocenters. The molecule has 1 saturated carbocycles. The second kappa shape index (κ2) is 8.35. The van der Waals surface area contributed by atoms with Crippen molar-refractivity contribution in [2.75, 3.05) is 32.7 Å². The lowest BCUT2D eigenvalue weighted by molar-refractivity contribution is -0.185. The first-order valence-corrected chi connectivity index (χ1v) is 12.0. The number of amides is 2. The topological polar surface area (TPSA) is 55.9 Å². The van der Waals surface area contributed by atoms with E-state index in [2.05, 4.69) is 17.1 Å². The van der Waals surface area contributed by atoms with Crippen molar-refractivity contribution in [1.29, 1.82) is 0 Å². The largest absolute Gasteiger partial charge is 0.329 e. The zero-order chi connectivity index (χ0) is 20.8. The van der Waals surface area contributed by atoms with Crippen molar-refractivity contribution in [3.63, 3.8) is 0 Å². The van der Waals surface area contributed by atoms with Crippen LogP contribution in [-0.4, -0.2) is 82.4 Å². The molecule has 1 spiro atoms. The van der Waals surface area contributed by atoms with Gasteiger partial charge in [-0.15, -0.1) is 11.6 Å². The lowest BCUT2D eigenvalue weighted by Gasteiger charge is -2.61. The standard InChI is InChI=1S/C22H37ClN4O2/c1-15(2)26-12-20(28)27(11-17-5-7-18(23)8-6-17)22(21(26)29)13-25(14-22)19-9-4-16(3)10-24-19/h15-19,24H,4-14H2,1-3H3. The summed E-state index contributed by atoms with van der Waals surface area (Å²) in [4.78, 5) is 32.9. The highest BCUT2D eigenvalue weighted by atomic mass is 35.5. The molecule has 3 saturated heterocycles. The highest BCUT2D eigenvalue weighted by Crippen LogP contribution is 2.39. The monoisotopic (exact) mass is 424 g/mol. The molecule has 1 N–H and O–H groups in total. The van der Waals surface area contributed by atoms with Crippen molar-refractivity contribution in [2.24, 2.45) is 11.8 Å². The Bertz CT molecular complexity index is 620. The number of carbonyl (C=O) groups excluding carboxylic acids is 2. The van der Waals surface area contributed by atoms with Crippen LogP contribution in [0.2, 0.25) is 0 Å². The number of halogens is 1. The van der Waals surface area contributed by atoms with Crippen LogP contribution in [0.3, 0.4) is 0 Å². The summed E-state index contributed by atoms with van der Waals surface area (Å²) in [6, 6.07) is 0.0554. The summed E-state index contributed by atoms with van der Waals surface area (Å²) in [5.74, 6) is 1.45. The van der Waals surface area contributed by atoms with E-state index < -0.39 is 5.54 Å².